The number of aryl methyl sites for hydroxylation is 1. The summed E-state index contributed by atoms with van der Waals surface area (Å²) in [7, 11) is 0. The Bertz CT molecular complexity index is 908. The second kappa shape index (κ2) is 8.05. The minimum Gasteiger partial charge on any atom is -0.422 e. The van der Waals surface area contributed by atoms with Gasteiger partial charge in [0.05, 0.1) is 0 Å². The molecular formula is C22H28N2O4. The molecule has 2 aliphatic heterocycles. The van der Waals surface area contributed by atoms with Crippen molar-refractivity contribution >= 4 is 16.9 Å². The Kier molecular flexibility index (Phi) is 5.51. The molecule has 2 saturated heterocycles. The van der Waals surface area contributed by atoms with Crippen LogP contribution in [0.2, 0.25) is 0 Å². The van der Waals surface area contributed by atoms with Gasteiger partial charge in [-0.3, -0.25) is 4.79 Å². The molecule has 1 aromatic heterocycles. The van der Waals surface area contributed by atoms with Crippen LogP contribution in [-0.2, 0) is 4.74 Å². The van der Waals surface area contributed by atoms with Crippen LogP contribution >= 0.6 is 0 Å². The van der Waals surface area contributed by atoms with Crippen LogP contribution in [0.3, 0.4) is 0 Å². The number of amides is 1. The molecule has 1 N–H and O–H groups in total. The van der Waals surface area contributed by atoms with Gasteiger partial charge in [-0.2, -0.15) is 0 Å². The predicted octanol–water partition coefficient (Wildman–Crippen LogP) is 2.72. The van der Waals surface area contributed by atoms with Crippen molar-refractivity contribution in [3.63, 3.8) is 0 Å². The maximum atomic E-state index is 12.9. The Hall–Kier alpha value is -2.18. The Balaban J connectivity index is 1.54. The van der Waals surface area contributed by atoms with E-state index >= 15 is 0 Å². The highest BCUT2D eigenvalue weighted by Crippen LogP contribution is 2.32. The van der Waals surface area contributed by atoms with Gasteiger partial charge in [-0.1, -0.05) is 18.2 Å². The lowest BCUT2D eigenvalue weighted by Gasteiger charge is -2.40. The first-order valence-electron chi connectivity index (χ1n) is 10.2. The van der Waals surface area contributed by atoms with Crippen LogP contribution in [0.15, 0.2) is 33.5 Å². The summed E-state index contributed by atoms with van der Waals surface area (Å²) in [6, 6.07) is 7.32. The van der Waals surface area contributed by atoms with Crippen molar-refractivity contribution in [3.8, 4) is 0 Å². The smallest absolute Gasteiger partial charge is 0.349 e. The van der Waals surface area contributed by atoms with E-state index in [2.05, 4.69) is 10.2 Å². The number of likely N-dealkylation sites (tertiary alicyclic amines) is 1. The molecular weight excluding hydrogens is 356 g/mol. The van der Waals surface area contributed by atoms with Gasteiger partial charge in [-0.15, -0.1) is 0 Å². The van der Waals surface area contributed by atoms with Crippen molar-refractivity contribution in [2.24, 2.45) is 5.41 Å². The summed E-state index contributed by atoms with van der Waals surface area (Å²) in [5.41, 5.74) is 0.723. The summed E-state index contributed by atoms with van der Waals surface area (Å²) in [5.74, 6) is -0.343. The molecule has 2 aromatic rings. The molecule has 6 nitrogen and oxygen atoms in total. The highest BCUT2D eigenvalue weighted by molar-refractivity contribution is 5.99. The van der Waals surface area contributed by atoms with Crippen molar-refractivity contribution < 1.29 is 13.9 Å². The summed E-state index contributed by atoms with van der Waals surface area (Å²) in [5, 5.41) is 3.85. The first-order chi connectivity index (χ1) is 13.6. The minimum absolute atomic E-state index is 0.00317. The standard InChI is InChI=1S/C22H28N2O4/c1-16-17-6-2-3-7-18(17)28-21(26)19(16)20(25)23-14-22(8-12-27-13-9-22)15-24-10-4-5-11-24/h2-3,6-7H,4-5,8-15H2,1H3,(H,23,25). The lowest BCUT2D eigenvalue weighted by molar-refractivity contribution is -0.000651. The van der Waals surface area contributed by atoms with Crippen LogP contribution in [0.5, 0.6) is 0 Å². The number of nitrogens with one attached hydrogen (secondary N) is 1. The Labute approximate surface area is 164 Å². The number of benzene rings is 1. The van der Waals surface area contributed by atoms with Crippen molar-refractivity contribution in [3.05, 3.63) is 45.8 Å². The van der Waals surface area contributed by atoms with Gasteiger partial charge in [-0.25, -0.2) is 4.79 Å². The molecule has 1 aromatic carbocycles. The van der Waals surface area contributed by atoms with Gasteiger partial charge in [0.25, 0.3) is 5.91 Å². The molecule has 0 spiro atoms. The van der Waals surface area contributed by atoms with Gasteiger partial charge in [0, 0.05) is 37.1 Å². The monoisotopic (exact) mass is 384 g/mol. The fourth-order valence-electron chi connectivity index (χ4n) is 4.53. The fraction of sp³-hybridized carbons (Fsp3) is 0.545. The minimum atomic E-state index is -0.575. The Morgan fingerprint density at radius 3 is 2.64 bits per heavy atom. The van der Waals surface area contributed by atoms with E-state index in [1.54, 1.807) is 6.07 Å². The second-order valence-corrected chi connectivity index (χ2v) is 8.16. The molecule has 0 unspecified atom stereocenters. The topological polar surface area (TPSA) is 71.8 Å². The third kappa shape index (κ3) is 3.84. The third-order valence-corrected chi connectivity index (χ3v) is 6.24. The van der Waals surface area contributed by atoms with Crippen molar-refractivity contribution in [2.75, 3.05) is 39.4 Å². The molecule has 150 valence electrons. The molecule has 4 rings (SSSR count). The maximum absolute atomic E-state index is 12.9. The molecule has 0 saturated carbocycles. The maximum Gasteiger partial charge on any atom is 0.349 e. The van der Waals surface area contributed by atoms with E-state index in [9.17, 15) is 9.59 Å². The van der Waals surface area contributed by atoms with Crippen LogP contribution in [0.4, 0.5) is 0 Å². The number of rotatable bonds is 5. The molecule has 0 aliphatic carbocycles. The van der Waals surface area contributed by atoms with Gasteiger partial charge in [0.15, 0.2) is 0 Å². The highest BCUT2D eigenvalue weighted by Gasteiger charge is 2.36. The number of para-hydroxylation sites is 1. The van der Waals surface area contributed by atoms with Crippen molar-refractivity contribution in [2.45, 2.75) is 32.6 Å². The van der Waals surface area contributed by atoms with Crippen LogP contribution in [0.25, 0.3) is 11.0 Å². The molecule has 3 heterocycles. The highest BCUT2D eigenvalue weighted by atomic mass is 16.5. The molecule has 0 atom stereocenters. The number of carbonyl (C=O) groups excluding carboxylic acids is 1. The summed E-state index contributed by atoms with van der Waals surface area (Å²) in [6.45, 7) is 7.04. The zero-order valence-corrected chi connectivity index (χ0v) is 16.5. The fourth-order valence-corrected chi connectivity index (χ4v) is 4.53. The van der Waals surface area contributed by atoms with Gasteiger partial charge in [0.2, 0.25) is 0 Å². The van der Waals surface area contributed by atoms with Crippen molar-refractivity contribution in [1.82, 2.24) is 10.2 Å². The number of nitrogens with zero attached hydrogens (tertiary/aromatic N) is 1. The summed E-state index contributed by atoms with van der Waals surface area (Å²) < 4.78 is 10.9. The number of hydrogen-bond acceptors (Lipinski definition) is 5. The molecule has 2 fully saturated rings. The number of carbonyl (C=O) groups is 1. The van der Waals surface area contributed by atoms with Crippen LogP contribution < -0.4 is 10.9 Å². The average Bonchev–Trinajstić information content (AvgIpc) is 3.20. The second-order valence-electron chi connectivity index (χ2n) is 8.16. The summed E-state index contributed by atoms with van der Waals surface area (Å²) in [6.07, 6.45) is 4.34. The van der Waals surface area contributed by atoms with Gasteiger partial charge in [-0.05, 0) is 57.3 Å². The van der Waals surface area contributed by atoms with E-state index in [1.807, 2.05) is 25.1 Å². The SMILES string of the molecule is Cc1c(C(=O)NCC2(CN3CCCC3)CCOCC2)c(=O)oc2ccccc12. The quantitative estimate of drug-likeness (QED) is 0.803. The molecule has 2 aliphatic rings. The zero-order chi connectivity index (χ0) is 19.6. The van der Waals surface area contributed by atoms with E-state index < -0.39 is 5.63 Å². The van der Waals surface area contributed by atoms with Gasteiger partial charge in [0.1, 0.15) is 11.1 Å². The van der Waals surface area contributed by atoms with E-state index in [0.717, 1.165) is 51.1 Å². The summed E-state index contributed by atoms with van der Waals surface area (Å²) >= 11 is 0. The lowest BCUT2D eigenvalue weighted by atomic mass is 9.79. The Morgan fingerprint density at radius 1 is 1.18 bits per heavy atom. The van der Waals surface area contributed by atoms with Crippen LogP contribution in [0, 0.1) is 12.3 Å². The van der Waals surface area contributed by atoms with Crippen molar-refractivity contribution in [1.29, 1.82) is 0 Å². The lowest BCUT2D eigenvalue weighted by Crippen LogP contribution is -2.48. The molecule has 6 heteroatoms. The van der Waals surface area contributed by atoms with Gasteiger partial charge < -0.3 is 19.4 Å². The first-order valence-corrected chi connectivity index (χ1v) is 10.2. The molecule has 1 amide bonds. The molecule has 0 bridgehead atoms. The normalized spacial score (nSPS) is 19.8. The summed E-state index contributed by atoms with van der Waals surface area (Å²) in [4.78, 5) is 27.9. The largest absolute Gasteiger partial charge is 0.422 e. The average molecular weight is 384 g/mol. The molecule has 28 heavy (non-hydrogen) atoms. The van der Waals surface area contributed by atoms with E-state index in [4.69, 9.17) is 9.15 Å². The van der Waals surface area contributed by atoms with E-state index in [0.29, 0.717) is 17.7 Å². The van der Waals surface area contributed by atoms with E-state index in [1.165, 1.54) is 12.8 Å². The Morgan fingerprint density at radius 2 is 1.89 bits per heavy atom. The third-order valence-electron chi connectivity index (χ3n) is 6.24. The van der Waals surface area contributed by atoms with Crippen LogP contribution in [0.1, 0.15) is 41.6 Å². The molecule has 0 radical (unpaired) electrons. The van der Waals surface area contributed by atoms with Gasteiger partial charge >= 0.3 is 5.63 Å². The predicted molar refractivity (Wildman–Crippen MR) is 108 cm³/mol. The van der Waals surface area contributed by atoms with E-state index in [-0.39, 0.29) is 16.9 Å². The number of ether oxygens (including phenoxy) is 1. The van der Waals surface area contributed by atoms with Crippen LogP contribution in [-0.4, -0.2) is 50.2 Å². The number of hydrogen-bond donors (Lipinski definition) is 1. The first kappa shape index (κ1) is 19.2. The zero-order valence-electron chi connectivity index (χ0n) is 16.5. The number of fused-ring (bicyclic) bond motifs is 1.